The summed E-state index contributed by atoms with van der Waals surface area (Å²) in [7, 11) is 0. The van der Waals surface area contributed by atoms with Gasteiger partial charge >= 0.3 is 0 Å². The molecule has 8 nitrogen and oxygen atoms in total. The molecule has 5 rings (SSSR count). The van der Waals surface area contributed by atoms with Crippen molar-refractivity contribution in [3.8, 4) is 0 Å². The predicted molar refractivity (Wildman–Crippen MR) is 122 cm³/mol. The van der Waals surface area contributed by atoms with Crippen molar-refractivity contribution in [3.63, 3.8) is 0 Å². The molecule has 1 aromatic carbocycles. The van der Waals surface area contributed by atoms with Crippen molar-refractivity contribution >= 4 is 28.5 Å². The molecule has 2 heterocycles. The van der Waals surface area contributed by atoms with Crippen LogP contribution in [-0.4, -0.2) is 56.1 Å². The molecule has 3 fully saturated rings. The molecule has 2 amide bonds. The largest absolute Gasteiger partial charge is 0.396 e. The van der Waals surface area contributed by atoms with E-state index in [2.05, 4.69) is 12.0 Å². The monoisotopic (exact) mass is 452 g/mol. The lowest BCUT2D eigenvalue weighted by Crippen LogP contribution is -2.45. The van der Waals surface area contributed by atoms with Gasteiger partial charge in [0.25, 0.3) is 5.91 Å². The van der Waals surface area contributed by atoms with Crippen molar-refractivity contribution in [3.05, 3.63) is 30.0 Å². The van der Waals surface area contributed by atoms with Crippen LogP contribution in [0.1, 0.15) is 62.4 Å². The number of amides is 2. The van der Waals surface area contributed by atoms with Gasteiger partial charge in [-0.2, -0.15) is 5.10 Å². The highest BCUT2D eigenvalue weighted by Crippen LogP contribution is 2.49. The van der Waals surface area contributed by atoms with Crippen molar-refractivity contribution < 1.29 is 19.5 Å². The molecule has 0 unspecified atom stereocenters. The third-order valence-electron chi connectivity index (χ3n) is 7.99. The van der Waals surface area contributed by atoms with Crippen molar-refractivity contribution in [1.82, 2.24) is 14.7 Å². The van der Waals surface area contributed by atoms with E-state index in [0.29, 0.717) is 23.2 Å². The van der Waals surface area contributed by atoms with Crippen LogP contribution < -0.4 is 5.73 Å². The maximum atomic E-state index is 13.4. The lowest BCUT2D eigenvalue weighted by Gasteiger charge is -2.37. The Labute approximate surface area is 193 Å². The van der Waals surface area contributed by atoms with Crippen LogP contribution in [0, 0.1) is 17.3 Å². The van der Waals surface area contributed by atoms with Gasteiger partial charge in [0.1, 0.15) is 6.54 Å². The number of likely N-dealkylation sites (tertiary alicyclic amines) is 1. The first kappa shape index (κ1) is 22.1. The third-order valence-corrected chi connectivity index (χ3v) is 7.99. The Balaban J connectivity index is 1.32. The molecule has 0 spiro atoms. The summed E-state index contributed by atoms with van der Waals surface area (Å²) in [5.41, 5.74) is 6.22. The fourth-order valence-electron chi connectivity index (χ4n) is 6.20. The highest BCUT2D eigenvalue weighted by molar-refractivity contribution is 6.04. The van der Waals surface area contributed by atoms with Gasteiger partial charge in [-0.05, 0) is 55.4 Å². The van der Waals surface area contributed by atoms with Crippen LogP contribution in [0.2, 0.25) is 0 Å². The van der Waals surface area contributed by atoms with E-state index in [1.54, 1.807) is 17.0 Å². The summed E-state index contributed by atoms with van der Waals surface area (Å²) in [6.07, 6.45) is 6.06. The number of hydrogen-bond acceptors (Lipinski definition) is 5. The average molecular weight is 453 g/mol. The van der Waals surface area contributed by atoms with Crippen LogP contribution in [0.5, 0.6) is 0 Å². The van der Waals surface area contributed by atoms with E-state index in [4.69, 9.17) is 5.73 Å². The number of Topliss-reactive ketones (excluding diaryl/α,β-unsaturated/α-hetero) is 1. The smallest absolute Gasteiger partial charge is 0.269 e. The maximum Gasteiger partial charge on any atom is 0.269 e. The number of primary amides is 1. The highest BCUT2D eigenvalue weighted by Gasteiger charge is 2.55. The Bertz CT molecular complexity index is 1110. The molecule has 0 radical (unpaired) electrons. The molecule has 1 aliphatic heterocycles. The van der Waals surface area contributed by atoms with Crippen molar-refractivity contribution in [2.75, 3.05) is 6.61 Å². The van der Waals surface area contributed by atoms with Crippen LogP contribution in [0.4, 0.5) is 0 Å². The molecule has 176 valence electrons. The number of hydrogen-bond donors (Lipinski definition) is 2. The molecule has 1 aromatic heterocycles. The van der Waals surface area contributed by atoms with Gasteiger partial charge in [0.2, 0.25) is 5.91 Å². The number of aromatic nitrogens is 2. The first-order valence-corrected chi connectivity index (χ1v) is 12.0. The molecule has 2 aromatic rings. The molecular weight excluding hydrogens is 420 g/mol. The van der Waals surface area contributed by atoms with E-state index in [-0.39, 0.29) is 54.0 Å². The second-order valence-corrected chi connectivity index (χ2v) is 10.6. The zero-order valence-corrected chi connectivity index (χ0v) is 19.1. The first-order chi connectivity index (χ1) is 15.8. The zero-order valence-electron chi connectivity index (χ0n) is 19.1. The van der Waals surface area contributed by atoms with Gasteiger partial charge in [-0.1, -0.05) is 31.5 Å². The van der Waals surface area contributed by atoms with Crippen LogP contribution >= 0.6 is 0 Å². The molecule has 33 heavy (non-hydrogen) atoms. The second kappa shape index (κ2) is 8.24. The van der Waals surface area contributed by atoms with E-state index in [9.17, 15) is 19.5 Å². The first-order valence-electron chi connectivity index (χ1n) is 12.0. The fraction of sp³-hybridized carbons (Fsp3) is 0.600. The Kier molecular flexibility index (Phi) is 5.51. The summed E-state index contributed by atoms with van der Waals surface area (Å²) in [5.74, 6) is 0.0616. The van der Waals surface area contributed by atoms with Gasteiger partial charge in [-0.25, -0.2) is 0 Å². The van der Waals surface area contributed by atoms with Gasteiger partial charge < -0.3 is 15.7 Å². The van der Waals surface area contributed by atoms with E-state index in [0.717, 1.165) is 38.5 Å². The summed E-state index contributed by atoms with van der Waals surface area (Å²) in [5, 5.41) is 14.7. The van der Waals surface area contributed by atoms with Crippen molar-refractivity contribution in [1.29, 1.82) is 0 Å². The number of nitrogens with two attached hydrogens (primary N) is 1. The summed E-state index contributed by atoms with van der Waals surface area (Å²) in [6.45, 7) is 2.23. The van der Waals surface area contributed by atoms with E-state index in [1.165, 1.54) is 4.68 Å². The number of carbonyl (C=O) groups excluding carboxylic acids is 3. The number of rotatable bonds is 7. The number of aliphatic hydroxyl groups excluding tert-OH is 1. The zero-order chi connectivity index (χ0) is 23.3. The number of ketones is 1. The topological polar surface area (TPSA) is 119 Å². The molecule has 3 aliphatic rings. The van der Waals surface area contributed by atoms with Crippen LogP contribution in [-0.2, 0) is 16.1 Å². The number of benzene rings is 1. The number of carbonyl (C=O) groups is 3. The fourth-order valence-corrected chi connectivity index (χ4v) is 6.20. The quantitative estimate of drug-likeness (QED) is 0.668. The van der Waals surface area contributed by atoms with E-state index in [1.807, 2.05) is 12.1 Å². The SMILES string of the molecule is C[C@@]1(CO)CCC[C@H](CC(=O)[C@@H]2C[C@H]3C[C@H]3N2C(=O)Cn2nc(C(N)=O)c3ccccc32)C1. The third kappa shape index (κ3) is 4.05. The number of nitrogens with zero attached hydrogens (tertiary/aromatic N) is 3. The minimum atomic E-state index is -0.628. The Hall–Kier alpha value is -2.74. The lowest BCUT2D eigenvalue weighted by molar-refractivity contribution is -0.140. The Morgan fingerprint density at radius 2 is 2.03 bits per heavy atom. The summed E-state index contributed by atoms with van der Waals surface area (Å²) < 4.78 is 1.53. The maximum absolute atomic E-state index is 13.4. The Morgan fingerprint density at radius 1 is 1.24 bits per heavy atom. The molecule has 1 saturated heterocycles. The Morgan fingerprint density at radius 3 is 2.79 bits per heavy atom. The minimum absolute atomic E-state index is 0.0210. The van der Waals surface area contributed by atoms with Gasteiger partial charge in [0, 0.05) is 24.5 Å². The van der Waals surface area contributed by atoms with Crippen LogP contribution in [0.25, 0.3) is 10.9 Å². The average Bonchev–Trinajstić information content (AvgIpc) is 3.29. The van der Waals surface area contributed by atoms with Gasteiger partial charge in [0.05, 0.1) is 11.6 Å². The van der Waals surface area contributed by atoms with E-state index < -0.39 is 5.91 Å². The van der Waals surface area contributed by atoms with Gasteiger partial charge in [-0.15, -0.1) is 0 Å². The molecular formula is C25H32N4O4. The normalized spacial score (nSPS) is 30.9. The predicted octanol–water partition coefficient (Wildman–Crippen LogP) is 2.27. The molecule has 2 saturated carbocycles. The summed E-state index contributed by atoms with van der Waals surface area (Å²) in [6, 6.07) is 6.99. The summed E-state index contributed by atoms with van der Waals surface area (Å²) >= 11 is 0. The number of piperidine rings is 1. The highest BCUT2D eigenvalue weighted by atomic mass is 16.3. The number of fused-ring (bicyclic) bond motifs is 2. The van der Waals surface area contributed by atoms with Gasteiger partial charge in [-0.3, -0.25) is 19.1 Å². The van der Waals surface area contributed by atoms with Crippen molar-refractivity contribution in [2.24, 2.45) is 23.0 Å². The molecule has 5 atom stereocenters. The van der Waals surface area contributed by atoms with Crippen LogP contribution in [0.15, 0.2) is 24.3 Å². The van der Waals surface area contributed by atoms with Crippen LogP contribution in [0.3, 0.4) is 0 Å². The summed E-state index contributed by atoms with van der Waals surface area (Å²) in [4.78, 5) is 40.3. The standard InChI is InChI=1S/C25H32N4O4/c1-25(14-30)8-4-5-15(12-25)9-21(31)20-11-16-10-19(16)29(20)22(32)13-28-18-7-3-2-6-17(18)23(27-28)24(26)33/h2-3,6-7,15-16,19-20,30H,4-5,8-14H2,1H3,(H2,26,33)/t15-,16-,19-,20+,25-/m1/s1. The molecule has 2 aliphatic carbocycles. The van der Waals surface area contributed by atoms with E-state index >= 15 is 0 Å². The molecule has 3 N–H and O–H groups in total. The second-order valence-electron chi connectivity index (χ2n) is 10.6. The molecule has 8 heteroatoms. The van der Waals surface area contributed by atoms with Crippen molar-refractivity contribution in [2.45, 2.75) is 70.5 Å². The van der Waals surface area contributed by atoms with Gasteiger partial charge in [0.15, 0.2) is 11.5 Å². The minimum Gasteiger partial charge on any atom is -0.396 e. The number of para-hydroxylation sites is 1. The number of aliphatic hydroxyl groups is 1. The lowest BCUT2D eigenvalue weighted by atomic mass is 9.70. The molecule has 0 bridgehead atoms.